The van der Waals surface area contributed by atoms with Crippen LogP contribution < -0.4 is 21.1 Å². The number of carbonyl (C=O) groups excluding carboxylic acids is 1. The highest BCUT2D eigenvalue weighted by Gasteiger charge is 2.32. The summed E-state index contributed by atoms with van der Waals surface area (Å²) >= 11 is 0. The lowest BCUT2D eigenvalue weighted by Crippen LogP contribution is -2.26. The number of nitrogens with zero attached hydrogens (tertiary/aromatic N) is 1. The molecule has 2 rings (SSSR count). The van der Waals surface area contributed by atoms with Gasteiger partial charge in [-0.1, -0.05) is 12.1 Å². The quantitative estimate of drug-likeness (QED) is 0.254. The minimum absolute atomic E-state index is 0. The van der Waals surface area contributed by atoms with Gasteiger partial charge in [0.25, 0.3) is 0 Å². The molecule has 1 amide bonds. The molecule has 0 atom stereocenters. The number of halogens is 5. The molecule has 0 aliphatic rings. The van der Waals surface area contributed by atoms with E-state index in [0.717, 1.165) is 6.07 Å². The summed E-state index contributed by atoms with van der Waals surface area (Å²) in [6, 6.07) is 10.3. The van der Waals surface area contributed by atoms with Crippen LogP contribution in [-0.4, -0.2) is 24.8 Å². The number of guanidine groups is 1. The largest absolute Gasteiger partial charge is 0.573 e. The fourth-order valence-corrected chi connectivity index (χ4v) is 1.85. The first kappa shape index (κ1) is 22.5. The summed E-state index contributed by atoms with van der Waals surface area (Å²) in [6.07, 6.45) is -4.86. The molecule has 4 N–H and O–H groups in total. The Morgan fingerprint density at radius 3 is 2.33 bits per heavy atom. The smallest absolute Gasteiger partial charge is 0.404 e. The number of ether oxygens (including phenoxy) is 1. The fraction of sp³-hybridized carbons (Fsp3) is 0.125. The van der Waals surface area contributed by atoms with E-state index in [1.807, 2.05) is 0 Å². The van der Waals surface area contributed by atoms with Crippen molar-refractivity contribution in [2.75, 3.05) is 17.2 Å². The van der Waals surface area contributed by atoms with Gasteiger partial charge < -0.3 is 21.1 Å². The van der Waals surface area contributed by atoms with E-state index in [-0.39, 0.29) is 35.6 Å². The predicted molar refractivity (Wildman–Crippen MR) is 104 cm³/mol. The van der Waals surface area contributed by atoms with Gasteiger partial charge in [0.15, 0.2) is 11.7 Å². The Labute approximate surface area is 168 Å². The van der Waals surface area contributed by atoms with E-state index < -0.39 is 30.4 Å². The van der Waals surface area contributed by atoms with Crippen LogP contribution in [0.5, 0.6) is 5.75 Å². The lowest BCUT2D eigenvalue weighted by atomic mass is 10.3. The summed E-state index contributed by atoms with van der Waals surface area (Å²) < 4.78 is 53.7. The summed E-state index contributed by atoms with van der Waals surface area (Å²) in [6.45, 7) is -0.390. The van der Waals surface area contributed by atoms with Crippen LogP contribution in [0.25, 0.3) is 0 Å². The van der Waals surface area contributed by atoms with Crippen molar-refractivity contribution < 1.29 is 27.1 Å². The van der Waals surface area contributed by atoms with Crippen molar-refractivity contribution in [1.82, 2.24) is 0 Å². The molecule has 0 aromatic heterocycles. The van der Waals surface area contributed by atoms with Gasteiger partial charge in [-0.3, -0.25) is 4.79 Å². The molecule has 0 radical (unpaired) electrons. The molecular weight excluding hydrogens is 483 g/mol. The van der Waals surface area contributed by atoms with Gasteiger partial charge in [0.1, 0.15) is 12.4 Å². The topological polar surface area (TPSA) is 88.7 Å². The van der Waals surface area contributed by atoms with E-state index in [1.54, 1.807) is 0 Å². The lowest BCUT2D eigenvalue weighted by molar-refractivity contribution is -0.274. The van der Waals surface area contributed by atoms with Crippen LogP contribution in [0, 0.1) is 5.82 Å². The molecule has 0 fully saturated rings. The molecule has 2 aromatic carbocycles. The number of para-hydroxylation sites is 2. The normalized spacial score (nSPS) is 11.3. The second-order valence-electron chi connectivity index (χ2n) is 4.93. The first-order chi connectivity index (χ1) is 12.2. The summed E-state index contributed by atoms with van der Waals surface area (Å²) in [4.78, 5) is 15.5. The molecule has 11 heteroatoms. The number of benzene rings is 2. The molecule has 6 nitrogen and oxygen atoms in total. The number of aliphatic imine (C=N–C) groups is 1. The zero-order valence-electron chi connectivity index (χ0n) is 13.6. The van der Waals surface area contributed by atoms with E-state index in [1.165, 1.54) is 42.5 Å². The molecule has 0 spiro atoms. The van der Waals surface area contributed by atoms with Crippen molar-refractivity contribution in [2.24, 2.45) is 10.7 Å². The van der Waals surface area contributed by atoms with Crippen molar-refractivity contribution in [2.45, 2.75) is 6.36 Å². The van der Waals surface area contributed by atoms with Crippen LogP contribution in [0.15, 0.2) is 53.5 Å². The van der Waals surface area contributed by atoms with E-state index in [4.69, 9.17) is 5.73 Å². The van der Waals surface area contributed by atoms with Crippen LogP contribution in [0.3, 0.4) is 0 Å². The summed E-state index contributed by atoms with van der Waals surface area (Å²) in [5.74, 6) is -1.76. The average Bonchev–Trinajstić information content (AvgIpc) is 2.56. The molecule has 0 aliphatic heterocycles. The van der Waals surface area contributed by atoms with E-state index in [9.17, 15) is 22.4 Å². The van der Waals surface area contributed by atoms with Crippen LogP contribution in [-0.2, 0) is 4.79 Å². The molecular formula is C16H15F4IN4O2. The molecule has 27 heavy (non-hydrogen) atoms. The maximum atomic E-state index is 12.8. The maximum Gasteiger partial charge on any atom is 0.573 e. The van der Waals surface area contributed by atoms with Crippen molar-refractivity contribution >= 4 is 47.2 Å². The van der Waals surface area contributed by atoms with E-state index in [2.05, 4.69) is 20.4 Å². The highest BCUT2D eigenvalue weighted by molar-refractivity contribution is 14.0. The number of nitrogens with two attached hydrogens (primary N) is 1. The number of rotatable bonds is 5. The number of carbonyl (C=O) groups is 1. The molecule has 0 aliphatic carbocycles. The van der Waals surface area contributed by atoms with Crippen LogP contribution in [0.4, 0.5) is 28.9 Å². The van der Waals surface area contributed by atoms with E-state index >= 15 is 0 Å². The third kappa shape index (κ3) is 8.11. The summed E-state index contributed by atoms with van der Waals surface area (Å²) in [5, 5.41) is 4.89. The maximum absolute atomic E-state index is 12.8. The number of alkyl halides is 3. The lowest BCUT2D eigenvalue weighted by Gasteiger charge is -2.14. The SMILES string of the molecule is I.NC(=NCC(=O)Nc1ccc(F)cc1)Nc1ccccc1OC(F)(F)F. The zero-order valence-corrected chi connectivity index (χ0v) is 15.9. The van der Waals surface area contributed by atoms with Gasteiger partial charge >= 0.3 is 6.36 Å². The molecule has 0 saturated heterocycles. The Hall–Kier alpha value is -2.57. The Kier molecular flexibility index (Phi) is 8.28. The molecule has 0 bridgehead atoms. The average molecular weight is 498 g/mol. The van der Waals surface area contributed by atoms with Crippen molar-refractivity contribution in [3.8, 4) is 5.75 Å². The third-order valence-corrected chi connectivity index (χ3v) is 2.90. The summed E-state index contributed by atoms with van der Waals surface area (Å²) in [7, 11) is 0. The Morgan fingerprint density at radius 2 is 1.70 bits per heavy atom. The van der Waals surface area contributed by atoms with Crippen LogP contribution in [0.1, 0.15) is 0 Å². The standard InChI is InChI=1S/C16H14F4N4O2.HI/c17-10-5-7-11(8-6-10)23-14(25)9-22-15(21)24-12-3-1-2-4-13(12)26-16(18,19)20;/h1-8H,9H2,(H,23,25)(H3,21,22,24);1H. The van der Waals surface area contributed by atoms with Gasteiger partial charge in [0, 0.05) is 5.69 Å². The van der Waals surface area contributed by atoms with Crippen molar-refractivity contribution in [3.05, 3.63) is 54.3 Å². The van der Waals surface area contributed by atoms with Gasteiger partial charge in [-0.05, 0) is 36.4 Å². The van der Waals surface area contributed by atoms with Crippen LogP contribution >= 0.6 is 24.0 Å². The minimum Gasteiger partial charge on any atom is -0.404 e. The van der Waals surface area contributed by atoms with Gasteiger partial charge in [-0.25, -0.2) is 9.38 Å². The first-order valence-electron chi connectivity index (χ1n) is 7.20. The third-order valence-electron chi connectivity index (χ3n) is 2.90. The molecule has 2 aromatic rings. The first-order valence-corrected chi connectivity index (χ1v) is 7.20. The Morgan fingerprint density at radius 1 is 1.07 bits per heavy atom. The second-order valence-corrected chi connectivity index (χ2v) is 4.93. The number of nitrogens with one attached hydrogen (secondary N) is 2. The molecule has 0 saturated carbocycles. The van der Waals surface area contributed by atoms with Crippen molar-refractivity contribution in [3.63, 3.8) is 0 Å². The number of hydrogen-bond acceptors (Lipinski definition) is 3. The molecule has 0 heterocycles. The second kappa shape index (κ2) is 9.94. The van der Waals surface area contributed by atoms with Crippen LogP contribution in [0.2, 0.25) is 0 Å². The van der Waals surface area contributed by atoms with Gasteiger partial charge in [0.2, 0.25) is 5.91 Å². The van der Waals surface area contributed by atoms with Gasteiger partial charge in [-0.15, -0.1) is 37.1 Å². The van der Waals surface area contributed by atoms with Crippen molar-refractivity contribution in [1.29, 1.82) is 0 Å². The zero-order chi connectivity index (χ0) is 19.2. The minimum atomic E-state index is -4.86. The number of amides is 1. The fourth-order valence-electron chi connectivity index (χ4n) is 1.85. The highest BCUT2D eigenvalue weighted by Crippen LogP contribution is 2.29. The Balaban J connectivity index is 0.00000364. The molecule has 146 valence electrons. The predicted octanol–water partition coefficient (Wildman–Crippen LogP) is 3.71. The molecule has 0 unspecified atom stereocenters. The highest BCUT2D eigenvalue weighted by atomic mass is 127. The van der Waals surface area contributed by atoms with Gasteiger partial charge in [0.05, 0.1) is 5.69 Å². The van der Waals surface area contributed by atoms with Gasteiger partial charge in [-0.2, -0.15) is 0 Å². The summed E-state index contributed by atoms with van der Waals surface area (Å²) in [5.41, 5.74) is 5.87. The Bertz CT molecular complexity index is 798. The number of hydrogen-bond donors (Lipinski definition) is 3. The monoisotopic (exact) mass is 498 g/mol. The van der Waals surface area contributed by atoms with E-state index in [0.29, 0.717) is 5.69 Å². The number of anilines is 2.